The van der Waals surface area contributed by atoms with Crippen LogP contribution in [0, 0.1) is 0 Å². The van der Waals surface area contributed by atoms with Gasteiger partial charge in [-0.1, -0.05) is 11.8 Å². The molecule has 0 radical (unpaired) electrons. The summed E-state index contributed by atoms with van der Waals surface area (Å²) < 4.78 is 10.5. The van der Waals surface area contributed by atoms with Crippen LogP contribution in [0.5, 0.6) is 0 Å². The maximum atomic E-state index is 11.6. The van der Waals surface area contributed by atoms with Crippen LogP contribution in [-0.4, -0.2) is 41.0 Å². The van der Waals surface area contributed by atoms with E-state index in [-0.39, 0.29) is 11.4 Å². The average Bonchev–Trinajstić information content (AvgIpc) is 2.97. The third kappa shape index (κ3) is 4.86. The molecule has 1 aromatic heterocycles. The number of nitrogens with zero attached hydrogens (tertiary/aromatic N) is 2. The topological polar surface area (TPSA) is 87.3 Å². The molecule has 1 aliphatic rings. The smallest absolute Gasteiger partial charge is 0.343 e. The minimum Gasteiger partial charge on any atom is -0.462 e. The molecule has 0 bridgehead atoms. The number of carbonyl (C=O) groups excluding carboxylic acids is 1. The number of anilines is 1. The highest BCUT2D eigenvalue weighted by Crippen LogP contribution is 2.21. The first-order chi connectivity index (χ1) is 10.2. The molecule has 116 valence electrons. The number of hydrogen-bond donors (Lipinski definition) is 1. The maximum Gasteiger partial charge on any atom is 0.343 e. The van der Waals surface area contributed by atoms with Gasteiger partial charge in [-0.15, -0.1) is 0 Å². The Morgan fingerprint density at radius 2 is 2.48 bits per heavy atom. The number of rotatable bonds is 7. The SMILES string of the molecule is CCOC(=O)c1cnc(SCCCC2CCCO2)nc1N. The van der Waals surface area contributed by atoms with Crippen LogP contribution in [0.2, 0.25) is 0 Å². The second kappa shape index (κ2) is 8.19. The Morgan fingerprint density at radius 1 is 1.62 bits per heavy atom. The number of nitrogen functional groups attached to an aromatic ring is 1. The van der Waals surface area contributed by atoms with Gasteiger partial charge in [-0.05, 0) is 32.6 Å². The Hall–Kier alpha value is -1.34. The van der Waals surface area contributed by atoms with E-state index in [1.54, 1.807) is 18.7 Å². The van der Waals surface area contributed by atoms with Gasteiger partial charge in [-0.2, -0.15) is 0 Å². The predicted molar refractivity (Wildman–Crippen MR) is 81.3 cm³/mol. The first-order valence-electron chi connectivity index (χ1n) is 7.24. The van der Waals surface area contributed by atoms with Crippen LogP contribution in [0.25, 0.3) is 0 Å². The molecule has 21 heavy (non-hydrogen) atoms. The highest BCUT2D eigenvalue weighted by molar-refractivity contribution is 7.99. The van der Waals surface area contributed by atoms with Crippen LogP contribution >= 0.6 is 11.8 Å². The van der Waals surface area contributed by atoms with Crippen molar-refractivity contribution in [3.63, 3.8) is 0 Å². The molecule has 1 saturated heterocycles. The Bertz CT molecular complexity index is 479. The summed E-state index contributed by atoms with van der Waals surface area (Å²) in [6, 6.07) is 0. The number of esters is 1. The van der Waals surface area contributed by atoms with Gasteiger partial charge < -0.3 is 15.2 Å². The molecule has 2 rings (SSSR count). The number of carbonyl (C=O) groups is 1. The minimum absolute atomic E-state index is 0.171. The monoisotopic (exact) mass is 311 g/mol. The van der Waals surface area contributed by atoms with Crippen molar-refractivity contribution in [2.24, 2.45) is 0 Å². The Kier molecular flexibility index (Phi) is 6.25. The van der Waals surface area contributed by atoms with E-state index in [4.69, 9.17) is 15.2 Å². The van der Waals surface area contributed by atoms with Gasteiger partial charge >= 0.3 is 5.97 Å². The van der Waals surface area contributed by atoms with Gasteiger partial charge in [0.15, 0.2) is 5.16 Å². The summed E-state index contributed by atoms with van der Waals surface area (Å²) in [6.07, 6.45) is 6.32. The zero-order valence-corrected chi connectivity index (χ0v) is 13.0. The molecule has 1 aliphatic heterocycles. The highest BCUT2D eigenvalue weighted by atomic mass is 32.2. The number of aromatic nitrogens is 2. The van der Waals surface area contributed by atoms with Crippen LogP contribution in [0.4, 0.5) is 5.82 Å². The van der Waals surface area contributed by atoms with Gasteiger partial charge in [-0.25, -0.2) is 14.8 Å². The molecule has 6 nitrogen and oxygen atoms in total. The second-order valence-corrected chi connectivity index (χ2v) is 5.86. The van der Waals surface area contributed by atoms with Crippen molar-refractivity contribution in [2.75, 3.05) is 24.7 Å². The van der Waals surface area contributed by atoms with Gasteiger partial charge in [0.05, 0.1) is 12.7 Å². The largest absolute Gasteiger partial charge is 0.462 e. The Balaban J connectivity index is 1.78. The summed E-state index contributed by atoms with van der Waals surface area (Å²) >= 11 is 1.54. The Labute approximate surface area is 128 Å². The standard InChI is InChI=1S/C14H21N3O3S/c1-2-19-13(18)11-9-16-14(17-12(11)15)21-8-4-6-10-5-3-7-20-10/h9-10H,2-8H2,1H3,(H2,15,16,17). The number of nitrogens with two attached hydrogens (primary N) is 1. The van der Waals surface area contributed by atoms with Gasteiger partial charge in [0, 0.05) is 18.6 Å². The lowest BCUT2D eigenvalue weighted by atomic mass is 10.1. The fourth-order valence-corrected chi connectivity index (χ4v) is 2.94. The molecule has 0 saturated carbocycles. The van der Waals surface area contributed by atoms with Gasteiger partial charge in [0.2, 0.25) is 0 Å². The molecule has 1 aromatic rings. The zero-order valence-electron chi connectivity index (χ0n) is 12.2. The molecule has 1 unspecified atom stereocenters. The molecule has 0 amide bonds. The van der Waals surface area contributed by atoms with Gasteiger partial charge in [0.25, 0.3) is 0 Å². The van der Waals surface area contributed by atoms with Crippen molar-refractivity contribution in [1.82, 2.24) is 9.97 Å². The summed E-state index contributed by atoms with van der Waals surface area (Å²) in [7, 11) is 0. The first kappa shape index (κ1) is 16.0. The third-order valence-electron chi connectivity index (χ3n) is 3.22. The van der Waals surface area contributed by atoms with E-state index in [0.29, 0.717) is 17.9 Å². The summed E-state index contributed by atoms with van der Waals surface area (Å²) in [5.74, 6) is 0.605. The van der Waals surface area contributed by atoms with Crippen LogP contribution in [-0.2, 0) is 9.47 Å². The van der Waals surface area contributed by atoms with Crippen LogP contribution in [0.3, 0.4) is 0 Å². The zero-order chi connectivity index (χ0) is 15.1. The van der Waals surface area contributed by atoms with Crippen LogP contribution in [0.15, 0.2) is 11.4 Å². The van der Waals surface area contributed by atoms with Crippen LogP contribution in [0.1, 0.15) is 43.0 Å². The molecule has 7 heteroatoms. The molecule has 1 fully saturated rings. The van der Waals surface area contributed by atoms with Crippen molar-refractivity contribution in [3.05, 3.63) is 11.8 Å². The molecule has 1 atom stereocenters. The maximum absolute atomic E-state index is 11.6. The van der Waals surface area contributed by atoms with Crippen molar-refractivity contribution >= 4 is 23.5 Å². The van der Waals surface area contributed by atoms with Crippen molar-refractivity contribution < 1.29 is 14.3 Å². The predicted octanol–water partition coefficient (Wildman–Crippen LogP) is 2.29. The molecule has 2 heterocycles. The van der Waals surface area contributed by atoms with E-state index in [2.05, 4.69) is 9.97 Å². The summed E-state index contributed by atoms with van der Waals surface area (Å²) in [5.41, 5.74) is 5.99. The molecule has 0 spiro atoms. The lowest BCUT2D eigenvalue weighted by Crippen LogP contribution is -2.10. The van der Waals surface area contributed by atoms with E-state index in [1.165, 1.54) is 19.0 Å². The van der Waals surface area contributed by atoms with Gasteiger partial charge in [-0.3, -0.25) is 0 Å². The lowest BCUT2D eigenvalue weighted by Gasteiger charge is -2.08. The number of thioether (sulfide) groups is 1. The molecular weight excluding hydrogens is 290 g/mol. The molecule has 2 N–H and O–H groups in total. The van der Waals surface area contributed by atoms with Crippen molar-refractivity contribution in [3.8, 4) is 0 Å². The van der Waals surface area contributed by atoms with E-state index < -0.39 is 5.97 Å². The summed E-state index contributed by atoms with van der Waals surface area (Å²) in [6.45, 7) is 2.94. The van der Waals surface area contributed by atoms with E-state index in [9.17, 15) is 4.79 Å². The van der Waals surface area contributed by atoms with E-state index in [1.807, 2.05) is 0 Å². The summed E-state index contributed by atoms with van der Waals surface area (Å²) in [4.78, 5) is 19.9. The lowest BCUT2D eigenvalue weighted by molar-refractivity contribution is 0.0526. The molecule has 0 aliphatic carbocycles. The fourth-order valence-electron chi connectivity index (χ4n) is 2.16. The molecule has 0 aromatic carbocycles. The van der Waals surface area contributed by atoms with Crippen LogP contribution < -0.4 is 5.73 Å². The van der Waals surface area contributed by atoms with Crippen molar-refractivity contribution in [2.45, 2.75) is 43.9 Å². The van der Waals surface area contributed by atoms with E-state index in [0.717, 1.165) is 25.2 Å². The minimum atomic E-state index is -0.482. The van der Waals surface area contributed by atoms with Crippen molar-refractivity contribution in [1.29, 1.82) is 0 Å². The Morgan fingerprint density at radius 3 is 3.14 bits per heavy atom. The quantitative estimate of drug-likeness (QED) is 0.358. The van der Waals surface area contributed by atoms with Gasteiger partial charge in [0.1, 0.15) is 11.4 Å². The average molecular weight is 311 g/mol. The highest BCUT2D eigenvalue weighted by Gasteiger charge is 2.16. The number of hydrogen-bond acceptors (Lipinski definition) is 7. The molecular formula is C14H21N3O3S. The normalized spacial score (nSPS) is 17.9. The number of ether oxygens (including phenoxy) is 2. The fraction of sp³-hybridized carbons (Fsp3) is 0.643. The third-order valence-corrected chi connectivity index (χ3v) is 4.16. The second-order valence-electron chi connectivity index (χ2n) is 4.80. The first-order valence-corrected chi connectivity index (χ1v) is 8.23. The van der Waals surface area contributed by atoms with E-state index >= 15 is 0 Å². The summed E-state index contributed by atoms with van der Waals surface area (Å²) in [5, 5.41) is 0.591.